The molecule has 1 unspecified atom stereocenters. The highest BCUT2D eigenvalue weighted by Gasteiger charge is 2.42. The molecule has 16 rings (SSSR count). The normalized spacial score (nSPS) is 17.3. The third-order valence-electron chi connectivity index (χ3n) is 14.5. The lowest BCUT2D eigenvalue weighted by atomic mass is 10.0. The van der Waals surface area contributed by atoms with Gasteiger partial charge >= 0.3 is 0 Å². The summed E-state index contributed by atoms with van der Waals surface area (Å²) in [4.78, 5) is 14.5. The Bertz CT molecular complexity index is 6680. The van der Waals surface area contributed by atoms with Crippen LogP contribution < -0.4 is 20.7 Å². The maximum atomic E-state index is 11.1. The lowest BCUT2D eigenvalue weighted by molar-refractivity contribution is 0.669. The fourth-order valence-corrected chi connectivity index (χ4v) is 15.1. The minimum atomic E-state index is -5.20. The molecule has 0 saturated carbocycles. The van der Waals surface area contributed by atoms with Crippen molar-refractivity contribution in [3.63, 3.8) is 0 Å². The van der Waals surface area contributed by atoms with Gasteiger partial charge in [-0.3, -0.25) is 4.57 Å². The third kappa shape index (κ3) is 7.59. The summed E-state index contributed by atoms with van der Waals surface area (Å²) in [5.41, 5.74) is -2.91. The molecule has 6 nitrogen and oxygen atoms in total. The number of hydrogen-bond acceptors (Lipinski definition) is 4. The average molecular weight is 1090 g/mol. The van der Waals surface area contributed by atoms with E-state index >= 15 is 0 Å². The number of furan rings is 1. The topological polar surface area (TPSA) is 61.7 Å². The lowest BCUT2D eigenvalue weighted by Crippen LogP contribution is -2.74. The second-order valence-corrected chi connectivity index (χ2v) is 22.6. The van der Waals surface area contributed by atoms with Gasteiger partial charge in [-0.05, 0) is 97.5 Å². The zero-order valence-corrected chi connectivity index (χ0v) is 43.3. The van der Waals surface area contributed by atoms with E-state index in [1.807, 2.05) is 36.4 Å². The summed E-state index contributed by atoms with van der Waals surface area (Å²) in [5.74, 6) is -2.94. The van der Waals surface area contributed by atoms with E-state index in [0.29, 0.717) is 27.5 Å². The van der Waals surface area contributed by atoms with Crippen LogP contribution in [0.1, 0.15) is 38.4 Å². The van der Waals surface area contributed by atoms with Gasteiger partial charge in [0, 0.05) is 43.4 Å². The minimum absolute atomic E-state index is 0.171. The van der Waals surface area contributed by atoms with Crippen molar-refractivity contribution in [2.24, 2.45) is 0 Å². The van der Waals surface area contributed by atoms with Gasteiger partial charge in [-0.2, -0.15) is 9.97 Å². The molecule has 4 heterocycles. The first-order valence-corrected chi connectivity index (χ1v) is 27.5. The average Bonchev–Trinajstić information content (AvgIpc) is 1.03. The number of nitrogens with zero attached hydrogens (tertiary/aromatic N) is 5. The van der Waals surface area contributed by atoms with Crippen molar-refractivity contribution in [3.05, 3.63) is 297 Å². The summed E-state index contributed by atoms with van der Waals surface area (Å²) < 4.78 is 276. The fraction of sp³-hybridized carbons (Fsp3) is 0. The summed E-state index contributed by atoms with van der Waals surface area (Å²) in [7, 11) is -5.20. The van der Waals surface area contributed by atoms with Gasteiger partial charge in [0.2, 0.25) is 5.95 Å². The smallest absolute Gasteiger partial charge is 0.238 e. The fourth-order valence-electron chi connectivity index (χ4n) is 10.9. The van der Waals surface area contributed by atoms with E-state index in [9.17, 15) is 27.4 Å². The molecule has 384 valence electrons. The van der Waals surface area contributed by atoms with Crippen molar-refractivity contribution in [3.8, 4) is 56.7 Å². The van der Waals surface area contributed by atoms with Crippen molar-refractivity contribution in [2.75, 3.05) is 0 Å². The molecule has 0 saturated heterocycles. The summed E-state index contributed by atoms with van der Waals surface area (Å²) in [6.45, 7) is 0. The van der Waals surface area contributed by atoms with Crippen LogP contribution in [0.5, 0.6) is 0 Å². The Labute approximate surface area is 513 Å². The van der Waals surface area contributed by atoms with Crippen molar-refractivity contribution < 1.29 is 42.8 Å². The predicted molar refractivity (Wildman–Crippen MR) is 341 cm³/mol. The van der Waals surface area contributed by atoms with E-state index in [1.54, 1.807) is 91.0 Å². The summed E-state index contributed by atoms with van der Waals surface area (Å²) in [5, 5.41) is -1.31. The van der Waals surface area contributed by atoms with Crippen LogP contribution in [0.25, 0.3) is 122 Å². The van der Waals surface area contributed by atoms with Gasteiger partial charge in [-0.25, -0.2) is 4.98 Å². The minimum Gasteiger partial charge on any atom is -0.456 e. The Hall–Kier alpha value is -10.7. The Morgan fingerprint density at radius 3 is 1.50 bits per heavy atom. The highest BCUT2D eigenvalue weighted by molar-refractivity contribution is 7.20. The number of para-hydroxylation sites is 6. The highest BCUT2D eigenvalue weighted by Crippen LogP contribution is 2.38. The van der Waals surface area contributed by atoms with Gasteiger partial charge in [-0.1, -0.05) is 242 Å². The summed E-state index contributed by atoms with van der Waals surface area (Å²) in [6, 6.07) is 11.2. The number of benzene rings is 12. The maximum Gasteiger partial charge on any atom is 0.238 e. The van der Waals surface area contributed by atoms with Crippen LogP contribution in [-0.2, 0) is 0 Å². The Morgan fingerprint density at radius 1 is 0.329 bits per heavy atom. The Balaban J connectivity index is 1.11. The molecule has 0 amide bonds. The first kappa shape index (κ1) is 26.9. The molecule has 0 spiro atoms. The molecule has 0 aliphatic heterocycles. The molecule has 0 aliphatic rings. The van der Waals surface area contributed by atoms with E-state index in [1.165, 1.54) is 0 Å². The van der Waals surface area contributed by atoms with Gasteiger partial charge in [0.25, 0.3) is 0 Å². The molecule has 0 fully saturated rings. The maximum absolute atomic E-state index is 11.1. The molecule has 0 radical (unpaired) electrons. The standard InChI is InChI=1S/C75H49N5OSi/c1-3-21-50(22-4-1)51-41-44-56(45-42-51)82(55-25-5-2-6-26-55,57-27-19-23-52(47-57)53-43-46-72-65(49-53)63-33-12-18-40-71(63)81-72)58-28-20-24-54(48-58)73-76-74(78-75(77-73)80-68-37-15-9-31-61(68)62-32-10-16-38-69(62)80)64-34-11-17-39-70(64)79-66-35-13-7-29-59(66)60-30-8-14-36-67(60)79/h1-49H/i7D,8D,9D,10D,11D,13D,14D,15D,16D,17D,19D,20D,23D,24D,27D,28D,29D,30D,31D,32D,34D,35D,36D,37D,38D,39D,47D,48D. The first-order chi connectivity index (χ1) is 52.3. The van der Waals surface area contributed by atoms with Crippen LogP contribution in [0.4, 0.5) is 0 Å². The number of hydrogen-bond donors (Lipinski definition) is 0. The van der Waals surface area contributed by atoms with Gasteiger partial charge in [0.05, 0.1) is 66.1 Å². The van der Waals surface area contributed by atoms with E-state index in [4.69, 9.17) is 30.3 Å². The molecule has 1 atom stereocenters. The SMILES string of the molecule is [2H]c1c([2H])c([2H])c(-n2c3c([2H])c([2H])c([2H])c([2H])c3c3c([2H])c([2H])c([2H])c([2H])c32)c(-c2nc(-c3c([2H])c([2H])c([2H])c([Si](c4ccccc4)(c4ccc(-c5ccccc5)cc4)c4c([2H])c([2H])c([2H])c(-c5ccc6oc7ccccc7c6c5)c4[2H])c3[2H])nc(-n3c4c([2H])c([2H])c([2H])c([2H])c4c4c([2H])c([2H])c([2H])c([2H])c43)n2)c1[2H]. The first-order valence-electron chi connectivity index (χ1n) is 39.5. The molecule has 0 aliphatic carbocycles. The molecule has 0 N–H and O–H groups in total. The monoisotopic (exact) mass is 1090 g/mol. The van der Waals surface area contributed by atoms with Gasteiger partial charge in [0.15, 0.2) is 19.7 Å². The summed E-state index contributed by atoms with van der Waals surface area (Å²) in [6.07, 6.45) is 0. The molecule has 0 bridgehead atoms. The second-order valence-electron chi connectivity index (χ2n) is 18.9. The largest absolute Gasteiger partial charge is 0.456 e. The number of fused-ring (bicyclic) bond motifs is 9. The molecule has 16 aromatic rings. The zero-order chi connectivity index (χ0) is 78.5. The van der Waals surface area contributed by atoms with Crippen molar-refractivity contribution in [1.82, 2.24) is 24.1 Å². The van der Waals surface area contributed by atoms with Crippen LogP contribution in [0, 0.1) is 0 Å². The van der Waals surface area contributed by atoms with Gasteiger partial charge in [-0.15, -0.1) is 0 Å². The van der Waals surface area contributed by atoms with Crippen LogP contribution in [0.2, 0.25) is 0 Å². The van der Waals surface area contributed by atoms with Crippen LogP contribution in [0.3, 0.4) is 0 Å². The van der Waals surface area contributed by atoms with Gasteiger partial charge < -0.3 is 8.98 Å². The molecule has 4 aromatic heterocycles. The number of rotatable bonds is 10. The third-order valence-corrected chi connectivity index (χ3v) is 18.9. The van der Waals surface area contributed by atoms with Crippen LogP contribution in [0.15, 0.2) is 301 Å². The van der Waals surface area contributed by atoms with Gasteiger partial charge in [0.1, 0.15) is 11.2 Å². The quantitative estimate of drug-likeness (QED) is 0.101. The molecule has 82 heavy (non-hydrogen) atoms. The highest BCUT2D eigenvalue weighted by atomic mass is 28.3. The van der Waals surface area contributed by atoms with Crippen LogP contribution >= 0.6 is 0 Å². The van der Waals surface area contributed by atoms with Crippen molar-refractivity contribution >= 4 is 94.4 Å². The molecule has 12 aromatic carbocycles. The van der Waals surface area contributed by atoms with Crippen LogP contribution in [-0.4, -0.2) is 32.2 Å². The number of aromatic nitrogens is 5. The van der Waals surface area contributed by atoms with E-state index < -0.39 is 260 Å². The molecular weight excluding hydrogens is 1010 g/mol. The molecular formula is C75H49N5OSi. The second kappa shape index (κ2) is 19.3. The molecule has 7 heteroatoms. The van der Waals surface area contributed by atoms with Crippen molar-refractivity contribution in [1.29, 1.82) is 0 Å². The van der Waals surface area contributed by atoms with E-state index in [2.05, 4.69) is 0 Å². The van der Waals surface area contributed by atoms with E-state index in [-0.39, 0.29) is 26.7 Å². The zero-order valence-electron chi connectivity index (χ0n) is 70.3. The lowest BCUT2D eigenvalue weighted by Gasteiger charge is -2.35. The Morgan fingerprint density at radius 2 is 0.829 bits per heavy atom. The Kier molecular flexibility index (Phi) is 6.33. The van der Waals surface area contributed by atoms with E-state index in [0.717, 1.165) is 14.7 Å². The summed E-state index contributed by atoms with van der Waals surface area (Å²) >= 11 is 0. The van der Waals surface area contributed by atoms with Crippen molar-refractivity contribution in [2.45, 2.75) is 0 Å². The predicted octanol–water partition coefficient (Wildman–Crippen LogP) is 16.0.